The van der Waals surface area contributed by atoms with E-state index in [0.717, 1.165) is 16.1 Å². The molecule has 4 aromatic rings. The smallest absolute Gasteiger partial charge is 0.288 e. The Morgan fingerprint density at radius 3 is 2.70 bits per heavy atom. The summed E-state index contributed by atoms with van der Waals surface area (Å²) in [5, 5.41) is 18.2. The number of fused-ring (bicyclic) bond motifs is 1. The van der Waals surface area contributed by atoms with Crippen molar-refractivity contribution in [1.29, 1.82) is 0 Å². The minimum absolute atomic E-state index is 0.0450. The quantitative estimate of drug-likeness (QED) is 0.288. The number of carbonyl (C=O) groups excluding carboxylic acids is 1. The second-order valence-corrected chi connectivity index (χ2v) is 8.41. The summed E-state index contributed by atoms with van der Waals surface area (Å²) in [6.45, 7) is 0.813. The van der Waals surface area contributed by atoms with Gasteiger partial charge in [0.15, 0.2) is 5.65 Å². The predicted octanol–water partition coefficient (Wildman–Crippen LogP) is 3.40. The van der Waals surface area contributed by atoms with E-state index < -0.39 is 10.8 Å². The number of hydrogen-bond acceptors (Lipinski definition) is 6. The van der Waals surface area contributed by atoms with Gasteiger partial charge in [-0.05, 0) is 29.8 Å². The van der Waals surface area contributed by atoms with Crippen molar-refractivity contribution in [3.63, 3.8) is 0 Å². The van der Waals surface area contributed by atoms with Gasteiger partial charge in [0.2, 0.25) is 0 Å². The highest BCUT2D eigenvalue weighted by molar-refractivity contribution is 9.10. The van der Waals surface area contributed by atoms with Crippen LogP contribution in [0.4, 0.5) is 5.69 Å². The highest BCUT2D eigenvalue weighted by Gasteiger charge is 2.16. The Balaban J connectivity index is 1.44. The van der Waals surface area contributed by atoms with Crippen LogP contribution in [0.15, 0.2) is 64.3 Å². The number of nitrogens with one attached hydrogen (secondary N) is 1. The molecule has 33 heavy (non-hydrogen) atoms. The van der Waals surface area contributed by atoms with Gasteiger partial charge >= 0.3 is 0 Å². The van der Waals surface area contributed by atoms with Gasteiger partial charge < -0.3 is 5.32 Å². The zero-order valence-electron chi connectivity index (χ0n) is 16.9. The first-order chi connectivity index (χ1) is 15.8. The number of nitrogens with zero attached hydrogens (tertiary/aromatic N) is 5. The monoisotopic (exact) mass is 530 g/mol. The van der Waals surface area contributed by atoms with E-state index in [1.165, 1.54) is 33.9 Å². The largest absolute Gasteiger partial charge is 0.350 e. The van der Waals surface area contributed by atoms with Crippen LogP contribution in [0.2, 0.25) is 5.02 Å². The van der Waals surface area contributed by atoms with E-state index in [4.69, 9.17) is 11.6 Å². The van der Waals surface area contributed by atoms with Gasteiger partial charge in [-0.3, -0.25) is 24.3 Å². The van der Waals surface area contributed by atoms with Crippen LogP contribution in [0.5, 0.6) is 0 Å². The van der Waals surface area contributed by atoms with E-state index in [1.54, 1.807) is 0 Å². The van der Waals surface area contributed by atoms with E-state index in [0.29, 0.717) is 17.6 Å². The van der Waals surface area contributed by atoms with Crippen molar-refractivity contribution in [2.75, 3.05) is 6.54 Å². The second kappa shape index (κ2) is 9.51. The lowest BCUT2D eigenvalue weighted by molar-refractivity contribution is -0.384. The van der Waals surface area contributed by atoms with E-state index in [9.17, 15) is 19.7 Å². The lowest BCUT2D eigenvalue weighted by Gasteiger charge is -2.08. The molecule has 1 amide bonds. The first-order valence-corrected chi connectivity index (χ1v) is 10.9. The summed E-state index contributed by atoms with van der Waals surface area (Å²) < 4.78 is 3.98. The van der Waals surface area contributed by atoms with Crippen LogP contribution in [0.25, 0.3) is 11.0 Å². The number of amides is 1. The molecule has 0 bridgehead atoms. The number of nitro benzene ring substituents is 1. The molecule has 0 aliphatic rings. The molecule has 2 heterocycles. The summed E-state index contributed by atoms with van der Waals surface area (Å²) in [5.74, 6) is -0.490. The van der Waals surface area contributed by atoms with Gasteiger partial charge in [0.1, 0.15) is 16.7 Å². The van der Waals surface area contributed by atoms with Gasteiger partial charge in [0.25, 0.3) is 17.2 Å². The predicted molar refractivity (Wildman–Crippen MR) is 125 cm³/mol. The van der Waals surface area contributed by atoms with Crippen molar-refractivity contribution >= 4 is 50.2 Å². The normalized spacial score (nSPS) is 11.0. The maximum Gasteiger partial charge on any atom is 0.288 e. The lowest BCUT2D eigenvalue weighted by Crippen LogP contribution is -2.28. The fourth-order valence-corrected chi connectivity index (χ4v) is 3.68. The Bertz CT molecular complexity index is 1420. The lowest BCUT2D eigenvalue weighted by atomic mass is 10.2. The molecule has 4 rings (SSSR count). The number of hydrogen-bond donors (Lipinski definition) is 1. The Kier molecular flexibility index (Phi) is 6.52. The molecule has 0 aliphatic heterocycles. The van der Waals surface area contributed by atoms with Gasteiger partial charge in [0, 0.05) is 22.6 Å². The molecule has 0 radical (unpaired) electrons. The van der Waals surface area contributed by atoms with Crippen LogP contribution in [0, 0.1) is 10.1 Å². The van der Waals surface area contributed by atoms with Gasteiger partial charge in [-0.1, -0.05) is 39.7 Å². The van der Waals surface area contributed by atoms with Gasteiger partial charge in [0.05, 0.1) is 24.2 Å². The first-order valence-electron chi connectivity index (χ1n) is 9.71. The molecule has 0 spiro atoms. The molecule has 168 valence electrons. The maximum absolute atomic E-state index is 12.8. The van der Waals surface area contributed by atoms with Crippen molar-refractivity contribution in [1.82, 2.24) is 24.6 Å². The topological polar surface area (TPSA) is 125 Å². The van der Waals surface area contributed by atoms with Crippen LogP contribution >= 0.6 is 27.5 Å². The van der Waals surface area contributed by atoms with Crippen LogP contribution in [-0.4, -0.2) is 36.7 Å². The number of nitro groups is 1. The molecular formula is C21H16BrClN6O4. The van der Waals surface area contributed by atoms with Crippen molar-refractivity contribution in [2.45, 2.75) is 13.1 Å². The average molecular weight is 532 g/mol. The second-order valence-electron chi connectivity index (χ2n) is 7.09. The summed E-state index contributed by atoms with van der Waals surface area (Å²) in [4.78, 5) is 39.9. The summed E-state index contributed by atoms with van der Waals surface area (Å²) in [7, 11) is 0. The number of halogens is 2. The number of benzene rings is 2. The van der Waals surface area contributed by atoms with E-state index in [-0.39, 0.29) is 34.9 Å². The number of aromatic nitrogens is 4. The zero-order valence-corrected chi connectivity index (χ0v) is 19.3. The molecule has 2 aromatic carbocycles. The van der Waals surface area contributed by atoms with Crippen molar-refractivity contribution < 1.29 is 9.72 Å². The molecule has 0 atom stereocenters. The molecule has 0 unspecified atom stereocenters. The van der Waals surface area contributed by atoms with E-state index >= 15 is 0 Å². The van der Waals surface area contributed by atoms with E-state index in [2.05, 4.69) is 31.3 Å². The van der Waals surface area contributed by atoms with E-state index in [1.807, 2.05) is 24.3 Å². The van der Waals surface area contributed by atoms with Crippen LogP contribution in [-0.2, 0) is 13.1 Å². The summed E-state index contributed by atoms with van der Waals surface area (Å²) in [6.07, 6.45) is 2.92. The Morgan fingerprint density at radius 1 is 1.21 bits per heavy atom. The molecule has 12 heteroatoms. The Morgan fingerprint density at radius 2 is 1.97 bits per heavy atom. The molecule has 1 N–H and O–H groups in total. The number of rotatable bonds is 7. The highest BCUT2D eigenvalue weighted by atomic mass is 79.9. The number of carbonyl (C=O) groups is 1. The molecule has 0 saturated heterocycles. The summed E-state index contributed by atoms with van der Waals surface area (Å²) in [6, 6.07) is 11.5. The van der Waals surface area contributed by atoms with Gasteiger partial charge in [-0.25, -0.2) is 9.67 Å². The third kappa shape index (κ3) is 4.94. The Labute approximate surface area is 200 Å². The van der Waals surface area contributed by atoms with Crippen molar-refractivity contribution in [3.8, 4) is 0 Å². The SMILES string of the molecule is O=C(NCCn1ncc2c(=O)n(Cc3ccc(Br)cc3)cnc21)c1ccc(Cl)c([N+](=O)[O-])c1. The Hall–Kier alpha value is -3.57. The van der Waals surface area contributed by atoms with Crippen LogP contribution in [0.3, 0.4) is 0 Å². The highest BCUT2D eigenvalue weighted by Crippen LogP contribution is 2.25. The zero-order chi connectivity index (χ0) is 23.5. The molecule has 10 nitrogen and oxygen atoms in total. The van der Waals surface area contributed by atoms with Crippen molar-refractivity contribution in [3.05, 3.63) is 96.1 Å². The molecule has 2 aromatic heterocycles. The molecular weight excluding hydrogens is 516 g/mol. The van der Waals surface area contributed by atoms with Gasteiger partial charge in [-0.15, -0.1) is 0 Å². The average Bonchev–Trinajstić information content (AvgIpc) is 3.21. The molecule has 0 aliphatic carbocycles. The van der Waals surface area contributed by atoms with Gasteiger partial charge in [-0.2, -0.15) is 5.10 Å². The minimum Gasteiger partial charge on any atom is -0.350 e. The fourth-order valence-electron chi connectivity index (χ4n) is 3.23. The summed E-state index contributed by atoms with van der Waals surface area (Å²) >= 11 is 9.16. The summed E-state index contributed by atoms with van der Waals surface area (Å²) in [5.41, 5.74) is 0.922. The molecule has 0 saturated carbocycles. The van der Waals surface area contributed by atoms with Crippen molar-refractivity contribution in [2.24, 2.45) is 0 Å². The fraction of sp³-hybridized carbons (Fsp3) is 0.143. The third-order valence-electron chi connectivity index (χ3n) is 4.90. The standard InChI is InChI=1S/C21H16BrClN6O4/c22-15-4-1-13(2-5-15)11-27-12-25-19-16(21(27)31)10-26-28(19)8-7-24-20(30)14-3-6-17(23)18(9-14)29(32)33/h1-6,9-10,12H,7-8,11H2,(H,24,30). The maximum atomic E-state index is 12.8. The third-order valence-corrected chi connectivity index (χ3v) is 5.75. The van der Waals surface area contributed by atoms with Crippen LogP contribution in [0.1, 0.15) is 15.9 Å². The minimum atomic E-state index is -0.649. The first kappa shape index (κ1) is 22.6. The van der Waals surface area contributed by atoms with Crippen LogP contribution < -0.4 is 10.9 Å². The molecule has 0 fully saturated rings.